The van der Waals surface area contributed by atoms with Gasteiger partial charge in [-0.15, -0.1) is 0 Å². The predicted octanol–water partition coefficient (Wildman–Crippen LogP) is 2.53. The molecule has 13 heteroatoms. The highest BCUT2D eigenvalue weighted by atomic mass is 16.6. The highest BCUT2D eigenvalue weighted by Gasteiger charge is 2.42. The molecular formula is C13H4N4O9. The standard InChI is InChI=1S/C13H4N4O9/c18-13-11-7(1-5(14(19)20)3-9(11)16(23)24)8-2-6(15(21)22)4-10(12(8)13)17(25)26/h1-4H. The van der Waals surface area contributed by atoms with E-state index in [2.05, 4.69) is 0 Å². The van der Waals surface area contributed by atoms with Crippen LogP contribution in [-0.2, 0) is 0 Å². The van der Waals surface area contributed by atoms with E-state index in [1.165, 1.54) is 0 Å². The van der Waals surface area contributed by atoms with Gasteiger partial charge in [0.2, 0.25) is 5.78 Å². The monoisotopic (exact) mass is 360 g/mol. The third-order valence-electron chi connectivity index (χ3n) is 3.76. The van der Waals surface area contributed by atoms with E-state index in [0.29, 0.717) is 12.1 Å². The number of nitro benzene ring substituents is 4. The second-order valence-corrected chi connectivity index (χ2v) is 5.13. The number of nitrogens with zero attached hydrogens (tertiary/aromatic N) is 4. The van der Waals surface area contributed by atoms with Crippen molar-refractivity contribution in [3.05, 3.63) is 75.8 Å². The van der Waals surface area contributed by atoms with Crippen molar-refractivity contribution >= 4 is 28.5 Å². The maximum absolute atomic E-state index is 12.6. The zero-order valence-corrected chi connectivity index (χ0v) is 12.3. The van der Waals surface area contributed by atoms with Crippen LogP contribution >= 0.6 is 0 Å². The maximum Gasteiger partial charge on any atom is 0.288 e. The summed E-state index contributed by atoms with van der Waals surface area (Å²) in [5.74, 6) is -1.10. The van der Waals surface area contributed by atoms with Crippen LogP contribution < -0.4 is 0 Å². The first-order chi connectivity index (χ1) is 12.1. The molecule has 0 saturated carbocycles. The minimum atomic E-state index is -1.10. The number of ketones is 1. The normalized spacial score (nSPS) is 11.6. The van der Waals surface area contributed by atoms with Gasteiger partial charge in [-0.1, -0.05) is 0 Å². The molecule has 0 aromatic heterocycles. The Balaban J connectivity index is 2.47. The van der Waals surface area contributed by atoms with E-state index < -0.39 is 59.4 Å². The quantitative estimate of drug-likeness (QED) is 0.496. The number of fused-ring (bicyclic) bond motifs is 3. The molecule has 0 bridgehead atoms. The lowest BCUT2D eigenvalue weighted by Gasteiger charge is -2.02. The number of carbonyl (C=O) groups excluding carboxylic acids is 1. The maximum atomic E-state index is 12.6. The summed E-state index contributed by atoms with van der Waals surface area (Å²) in [6, 6.07) is 2.75. The number of hydrogen-bond acceptors (Lipinski definition) is 9. The van der Waals surface area contributed by atoms with Crippen LogP contribution in [0.2, 0.25) is 0 Å². The molecule has 0 atom stereocenters. The molecule has 0 heterocycles. The molecule has 0 spiro atoms. The van der Waals surface area contributed by atoms with Crippen LogP contribution in [-0.4, -0.2) is 25.5 Å². The molecule has 2 aromatic carbocycles. The second-order valence-electron chi connectivity index (χ2n) is 5.13. The fourth-order valence-electron chi connectivity index (χ4n) is 2.75. The number of non-ortho nitro benzene ring substituents is 2. The van der Waals surface area contributed by atoms with Crippen molar-refractivity contribution in [3.63, 3.8) is 0 Å². The lowest BCUT2D eigenvalue weighted by atomic mass is 10.0. The summed E-state index contributed by atoms with van der Waals surface area (Å²) in [6.07, 6.45) is 0. The van der Waals surface area contributed by atoms with Gasteiger partial charge in [-0.2, -0.15) is 0 Å². The van der Waals surface area contributed by atoms with Crippen LogP contribution in [0, 0.1) is 40.5 Å². The van der Waals surface area contributed by atoms with Gasteiger partial charge in [-0.05, 0) is 0 Å². The predicted molar refractivity (Wildman–Crippen MR) is 81.9 cm³/mol. The van der Waals surface area contributed by atoms with Gasteiger partial charge in [0.05, 0.1) is 31.8 Å². The summed E-state index contributed by atoms with van der Waals surface area (Å²) in [7, 11) is 0. The van der Waals surface area contributed by atoms with Crippen LogP contribution in [0.25, 0.3) is 11.1 Å². The van der Waals surface area contributed by atoms with Crippen molar-refractivity contribution in [1.29, 1.82) is 0 Å². The average molecular weight is 360 g/mol. The number of hydrogen-bond donors (Lipinski definition) is 0. The molecule has 3 rings (SSSR count). The van der Waals surface area contributed by atoms with Crippen molar-refractivity contribution in [2.24, 2.45) is 0 Å². The first-order valence-corrected chi connectivity index (χ1v) is 6.62. The smallest absolute Gasteiger partial charge is 0.288 e. The number of carbonyl (C=O) groups is 1. The molecular weight excluding hydrogens is 356 g/mol. The highest BCUT2D eigenvalue weighted by Crippen LogP contribution is 2.47. The third-order valence-corrected chi connectivity index (χ3v) is 3.76. The Morgan fingerprint density at radius 3 is 1.19 bits per heavy atom. The van der Waals surface area contributed by atoms with Crippen molar-refractivity contribution in [2.45, 2.75) is 0 Å². The summed E-state index contributed by atoms with van der Waals surface area (Å²) >= 11 is 0. The Labute approximate surface area is 141 Å². The molecule has 0 unspecified atom stereocenters. The van der Waals surface area contributed by atoms with Crippen molar-refractivity contribution in [1.82, 2.24) is 0 Å². The molecule has 0 radical (unpaired) electrons. The molecule has 0 saturated heterocycles. The fourth-order valence-corrected chi connectivity index (χ4v) is 2.75. The Morgan fingerprint density at radius 2 is 0.923 bits per heavy atom. The molecule has 13 nitrogen and oxygen atoms in total. The first-order valence-electron chi connectivity index (χ1n) is 6.62. The van der Waals surface area contributed by atoms with E-state index in [1.807, 2.05) is 0 Å². The molecule has 1 aliphatic carbocycles. The number of nitro groups is 4. The Hall–Kier alpha value is -4.29. The Kier molecular flexibility index (Phi) is 3.42. The number of benzene rings is 2. The summed E-state index contributed by atoms with van der Waals surface area (Å²) in [5, 5.41) is 44.4. The largest absolute Gasteiger partial charge is 0.288 e. The Bertz CT molecular complexity index is 992. The van der Waals surface area contributed by atoms with Gasteiger partial charge >= 0.3 is 0 Å². The second kappa shape index (κ2) is 5.37. The topological polar surface area (TPSA) is 190 Å². The first kappa shape index (κ1) is 16.6. The summed E-state index contributed by atoms with van der Waals surface area (Å²) in [4.78, 5) is 53.0. The molecule has 2 aromatic rings. The lowest BCUT2D eigenvalue weighted by molar-refractivity contribution is -0.394. The van der Waals surface area contributed by atoms with Crippen molar-refractivity contribution in [2.75, 3.05) is 0 Å². The van der Waals surface area contributed by atoms with E-state index in [9.17, 15) is 45.3 Å². The van der Waals surface area contributed by atoms with Crippen molar-refractivity contribution < 1.29 is 24.5 Å². The van der Waals surface area contributed by atoms with E-state index in [1.54, 1.807) is 0 Å². The van der Waals surface area contributed by atoms with Crippen LogP contribution in [0.3, 0.4) is 0 Å². The van der Waals surface area contributed by atoms with E-state index in [0.717, 1.165) is 12.1 Å². The molecule has 0 amide bonds. The van der Waals surface area contributed by atoms with Crippen LogP contribution in [0.1, 0.15) is 15.9 Å². The van der Waals surface area contributed by atoms with Gasteiger partial charge in [-0.3, -0.25) is 45.3 Å². The third kappa shape index (κ3) is 2.22. The van der Waals surface area contributed by atoms with Crippen LogP contribution in [0.4, 0.5) is 22.7 Å². The average Bonchev–Trinajstić information content (AvgIpc) is 2.85. The molecule has 1 aliphatic rings. The van der Waals surface area contributed by atoms with Gasteiger partial charge in [0.15, 0.2) is 0 Å². The minimum Gasteiger partial charge on any atom is -0.288 e. The van der Waals surface area contributed by atoms with E-state index in [-0.39, 0.29) is 11.1 Å². The molecule has 0 aliphatic heterocycles. The molecule has 130 valence electrons. The van der Waals surface area contributed by atoms with E-state index in [4.69, 9.17) is 0 Å². The molecule has 0 fully saturated rings. The van der Waals surface area contributed by atoms with Gasteiger partial charge in [0.25, 0.3) is 22.7 Å². The molecule has 0 N–H and O–H groups in total. The van der Waals surface area contributed by atoms with Crippen LogP contribution in [0.15, 0.2) is 24.3 Å². The fraction of sp³-hybridized carbons (Fsp3) is 0. The van der Waals surface area contributed by atoms with Crippen LogP contribution in [0.5, 0.6) is 0 Å². The SMILES string of the molecule is O=C1c2c(cc([N+](=O)[O-])cc2[N+](=O)[O-])-c2cc([N+](=O)[O-])cc([N+](=O)[O-])c21. The zero-order chi connectivity index (χ0) is 19.3. The highest BCUT2D eigenvalue weighted by molar-refractivity contribution is 6.26. The summed E-state index contributed by atoms with van der Waals surface area (Å²) in [5.41, 5.74) is -5.12. The van der Waals surface area contributed by atoms with Gasteiger partial charge in [0, 0.05) is 23.3 Å². The Morgan fingerprint density at radius 1 is 0.577 bits per heavy atom. The van der Waals surface area contributed by atoms with E-state index >= 15 is 0 Å². The summed E-state index contributed by atoms with van der Waals surface area (Å²) < 4.78 is 0. The number of rotatable bonds is 4. The van der Waals surface area contributed by atoms with Gasteiger partial charge in [-0.25, -0.2) is 0 Å². The van der Waals surface area contributed by atoms with Gasteiger partial charge < -0.3 is 0 Å². The lowest BCUT2D eigenvalue weighted by Crippen LogP contribution is -2.05. The van der Waals surface area contributed by atoms with Gasteiger partial charge in [0.1, 0.15) is 11.1 Å². The summed E-state index contributed by atoms with van der Waals surface area (Å²) in [6.45, 7) is 0. The minimum absolute atomic E-state index is 0.335. The molecule has 26 heavy (non-hydrogen) atoms. The van der Waals surface area contributed by atoms with Crippen molar-refractivity contribution in [3.8, 4) is 11.1 Å². The zero-order valence-electron chi connectivity index (χ0n) is 12.3.